The van der Waals surface area contributed by atoms with Crippen LogP contribution in [0.2, 0.25) is 0 Å². The molecule has 0 aliphatic carbocycles. The van der Waals surface area contributed by atoms with Crippen LogP contribution < -0.4 is 14.5 Å². The molecule has 0 aliphatic heterocycles. The molecule has 0 bridgehead atoms. The smallest absolute Gasteiger partial charge is 0.232 e. The standard InChI is InChI=1S/C27H31FN6O5S2/c1-33(14-16-40(2,36)37)26-25-24(31-27(32-26)29-18-19-7-9-21(28)10-8-19)12-11-23(30-25)20-5-4-6-22(17-20)34(13-15-35)41(3,38)39/h4-12,17,35H,13-16,18H2,1-3H3,(H,29,31,32). The van der Waals surface area contributed by atoms with Crippen molar-refractivity contribution < 1.29 is 26.3 Å². The maximum absolute atomic E-state index is 13.3. The van der Waals surface area contributed by atoms with Crippen LogP contribution in [0.1, 0.15) is 5.56 Å². The number of fused-ring (bicyclic) bond motifs is 1. The molecule has 2 heterocycles. The molecule has 41 heavy (non-hydrogen) atoms. The predicted octanol–water partition coefficient (Wildman–Crippen LogP) is 2.68. The summed E-state index contributed by atoms with van der Waals surface area (Å²) < 4.78 is 62.7. The van der Waals surface area contributed by atoms with Crippen LogP contribution >= 0.6 is 0 Å². The zero-order chi connectivity index (χ0) is 29.8. The second kappa shape index (κ2) is 12.3. The first-order valence-corrected chi connectivity index (χ1v) is 16.5. The van der Waals surface area contributed by atoms with Crippen LogP contribution in [-0.2, 0) is 26.4 Å². The van der Waals surface area contributed by atoms with Gasteiger partial charge in [0, 0.05) is 32.0 Å². The molecule has 0 atom stereocenters. The number of nitrogens with zero attached hydrogens (tertiary/aromatic N) is 5. The Morgan fingerprint density at radius 3 is 2.32 bits per heavy atom. The molecule has 0 aliphatic rings. The van der Waals surface area contributed by atoms with E-state index in [1.807, 2.05) is 0 Å². The molecule has 14 heteroatoms. The number of hydrogen-bond donors (Lipinski definition) is 2. The fourth-order valence-electron chi connectivity index (χ4n) is 4.09. The van der Waals surface area contributed by atoms with E-state index in [-0.39, 0.29) is 37.2 Å². The van der Waals surface area contributed by atoms with Gasteiger partial charge in [-0.25, -0.2) is 31.2 Å². The van der Waals surface area contributed by atoms with E-state index in [1.54, 1.807) is 60.5 Å². The van der Waals surface area contributed by atoms with Gasteiger partial charge in [0.05, 0.1) is 42.1 Å². The molecule has 11 nitrogen and oxygen atoms in total. The van der Waals surface area contributed by atoms with Gasteiger partial charge in [-0.05, 0) is 42.0 Å². The fraction of sp³-hybridized carbons (Fsp3) is 0.296. The number of nitrogens with one attached hydrogen (secondary N) is 1. The van der Waals surface area contributed by atoms with Crippen molar-refractivity contribution in [1.82, 2.24) is 15.0 Å². The summed E-state index contributed by atoms with van der Waals surface area (Å²) in [6.45, 7) is 0.0588. The highest BCUT2D eigenvalue weighted by atomic mass is 32.2. The third-order valence-electron chi connectivity index (χ3n) is 6.18. The predicted molar refractivity (Wildman–Crippen MR) is 159 cm³/mol. The normalized spacial score (nSPS) is 11.9. The van der Waals surface area contributed by atoms with E-state index < -0.39 is 19.9 Å². The van der Waals surface area contributed by atoms with Gasteiger partial charge in [-0.15, -0.1) is 0 Å². The largest absolute Gasteiger partial charge is 0.394 e. The average Bonchev–Trinajstić information content (AvgIpc) is 2.92. The summed E-state index contributed by atoms with van der Waals surface area (Å²) in [7, 11) is -5.16. The summed E-state index contributed by atoms with van der Waals surface area (Å²) in [4.78, 5) is 15.7. The minimum atomic E-state index is -3.63. The number of sulfonamides is 1. The van der Waals surface area contributed by atoms with E-state index in [4.69, 9.17) is 4.98 Å². The van der Waals surface area contributed by atoms with Gasteiger partial charge in [0.25, 0.3) is 0 Å². The maximum atomic E-state index is 13.3. The van der Waals surface area contributed by atoms with Crippen LogP contribution in [-0.4, -0.2) is 81.9 Å². The molecule has 2 N–H and O–H groups in total. The molecule has 0 radical (unpaired) electrons. The van der Waals surface area contributed by atoms with Gasteiger partial charge in [-0.3, -0.25) is 4.31 Å². The number of rotatable bonds is 12. The highest BCUT2D eigenvalue weighted by molar-refractivity contribution is 7.92. The lowest BCUT2D eigenvalue weighted by atomic mass is 10.1. The highest BCUT2D eigenvalue weighted by Crippen LogP contribution is 2.29. The first-order chi connectivity index (χ1) is 19.3. The molecule has 4 rings (SSSR count). The molecule has 2 aromatic heterocycles. The molecule has 218 valence electrons. The third kappa shape index (κ3) is 7.86. The molecular weight excluding hydrogens is 571 g/mol. The van der Waals surface area contributed by atoms with Crippen LogP contribution in [0.25, 0.3) is 22.3 Å². The van der Waals surface area contributed by atoms with Crippen LogP contribution in [0, 0.1) is 5.82 Å². The fourth-order valence-corrected chi connectivity index (χ4v) is 5.61. The number of aromatic nitrogens is 3. The number of benzene rings is 2. The first-order valence-electron chi connectivity index (χ1n) is 12.6. The van der Waals surface area contributed by atoms with Crippen molar-refractivity contribution in [3.05, 3.63) is 72.0 Å². The zero-order valence-corrected chi connectivity index (χ0v) is 24.5. The molecule has 0 fully saturated rings. The minimum Gasteiger partial charge on any atom is -0.394 e. The van der Waals surface area contributed by atoms with E-state index in [0.717, 1.165) is 22.4 Å². The Kier molecular flexibility index (Phi) is 9.05. The third-order valence-corrected chi connectivity index (χ3v) is 8.30. The number of aliphatic hydroxyl groups excluding tert-OH is 1. The molecular formula is C27H31FN6O5S2. The van der Waals surface area contributed by atoms with Gasteiger partial charge in [0.2, 0.25) is 16.0 Å². The first kappa shape index (κ1) is 30.1. The van der Waals surface area contributed by atoms with Crippen molar-refractivity contribution in [3.8, 4) is 11.3 Å². The topological polar surface area (TPSA) is 146 Å². The summed E-state index contributed by atoms with van der Waals surface area (Å²) in [6, 6.07) is 16.3. The van der Waals surface area contributed by atoms with Gasteiger partial charge in [0.15, 0.2) is 5.82 Å². The van der Waals surface area contributed by atoms with E-state index in [9.17, 15) is 26.3 Å². The minimum absolute atomic E-state index is 0.0930. The lowest BCUT2D eigenvalue weighted by Crippen LogP contribution is -2.32. The number of halogens is 1. The number of anilines is 3. The molecule has 0 amide bonds. The van der Waals surface area contributed by atoms with Crippen molar-refractivity contribution in [2.24, 2.45) is 0 Å². The number of hydrogen-bond acceptors (Lipinski definition) is 10. The SMILES string of the molecule is CN(CCS(C)(=O)=O)c1nc(NCc2ccc(F)cc2)nc2ccc(-c3cccc(N(CCO)S(C)(=O)=O)c3)nc12. The molecule has 0 saturated carbocycles. The molecule has 0 saturated heterocycles. The second-order valence-electron chi connectivity index (χ2n) is 9.58. The van der Waals surface area contributed by atoms with Gasteiger partial charge >= 0.3 is 0 Å². The molecule has 0 unspecified atom stereocenters. The van der Waals surface area contributed by atoms with E-state index in [1.165, 1.54) is 12.1 Å². The summed E-state index contributed by atoms with van der Waals surface area (Å²) in [6.07, 6.45) is 2.23. The number of aliphatic hydroxyl groups is 1. The van der Waals surface area contributed by atoms with Gasteiger partial charge in [0.1, 0.15) is 21.2 Å². The zero-order valence-electron chi connectivity index (χ0n) is 22.8. The molecule has 0 spiro atoms. The summed E-state index contributed by atoms with van der Waals surface area (Å²) in [5.41, 5.74) is 3.26. The van der Waals surface area contributed by atoms with Crippen molar-refractivity contribution in [3.63, 3.8) is 0 Å². The molecule has 4 aromatic rings. The Morgan fingerprint density at radius 1 is 0.927 bits per heavy atom. The lowest BCUT2D eigenvalue weighted by Gasteiger charge is -2.22. The average molecular weight is 603 g/mol. The monoisotopic (exact) mass is 602 g/mol. The summed E-state index contributed by atoms with van der Waals surface area (Å²) >= 11 is 0. The Balaban J connectivity index is 1.75. The van der Waals surface area contributed by atoms with Crippen LogP contribution in [0.15, 0.2) is 60.7 Å². The van der Waals surface area contributed by atoms with E-state index in [2.05, 4.69) is 15.3 Å². The Labute approximate surface area is 238 Å². The van der Waals surface area contributed by atoms with Crippen LogP contribution in [0.3, 0.4) is 0 Å². The Hall–Kier alpha value is -3.88. The quantitative estimate of drug-likeness (QED) is 0.248. The van der Waals surface area contributed by atoms with Crippen molar-refractivity contribution in [2.45, 2.75) is 6.54 Å². The number of pyridine rings is 1. The number of sulfone groups is 1. The second-order valence-corrected chi connectivity index (χ2v) is 13.7. The van der Waals surface area contributed by atoms with E-state index in [0.29, 0.717) is 40.3 Å². The van der Waals surface area contributed by atoms with Crippen LogP contribution in [0.5, 0.6) is 0 Å². The van der Waals surface area contributed by atoms with Gasteiger partial charge in [-0.1, -0.05) is 24.3 Å². The maximum Gasteiger partial charge on any atom is 0.232 e. The van der Waals surface area contributed by atoms with Crippen LogP contribution in [0.4, 0.5) is 21.8 Å². The lowest BCUT2D eigenvalue weighted by molar-refractivity contribution is 0.307. The summed E-state index contributed by atoms with van der Waals surface area (Å²) in [5, 5.41) is 12.5. The molecule has 2 aromatic carbocycles. The Morgan fingerprint density at radius 2 is 1.66 bits per heavy atom. The van der Waals surface area contributed by atoms with Crippen molar-refractivity contribution in [1.29, 1.82) is 0 Å². The summed E-state index contributed by atoms with van der Waals surface area (Å²) in [5.74, 6) is 0.250. The van der Waals surface area contributed by atoms with Gasteiger partial charge in [-0.2, -0.15) is 4.98 Å². The highest BCUT2D eigenvalue weighted by Gasteiger charge is 2.19. The van der Waals surface area contributed by atoms with Crippen molar-refractivity contribution >= 4 is 48.3 Å². The van der Waals surface area contributed by atoms with Gasteiger partial charge < -0.3 is 15.3 Å². The van der Waals surface area contributed by atoms with E-state index >= 15 is 0 Å². The Bertz CT molecular complexity index is 1750. The van der Waals surface area contributed by atoms with Crippen molar-refractivity contribution in [2.75, 3.05) is 59.5 Å².